The molecule has 8 nitrogen and oxygen atoms in total. The van der Waals surface area contributed by atoms with Crippen LogP contribution in [0, 0.1) is 7.43 Å². The largest absolute Gasteiger partial charge is 2.00 e. The van der Waals surface area contributed by atoms with Gasteiger partial charge in [-0.1, -0.05) is 13.8 Å². The number of ether oxygens (including phenoxy) is 6. The van der Waals surface area contributed by atoms with Gasteiger partial charge in [0, 0.05) is 0 Å². The fourth-order valence-electron chi connectivity index (χ4n) is 3.95. The van der Waals surface area contributed by atoms with Gasteiger partial charge in [-0.05, 0) is 47.5 Å². The van der Waals surface area contributed by atoms with Gasteiger partial charge in [0.05, 0.1) is 6.10 Å². The van der Waals surface area contributed by atoms with Crippen LogP contribution in [0.5, 0.6) is 0 Å². The van der Waals surface area contributed by atoms with Gasteiger partial charge in [-0.3, -0.25) is 4.79 Å². The molecule has 4 rings (SSSR count). The molecule has 0 aliphatic carbocycles. The molecule has 0 radical (unpaired) electrons. The summed E-state index contributed by atoms with van der Waals surface area (Å²) in [4.78, 5) is 11.6. The van der Waals surface area contributed by atoms with Gasteiger partial charge in [0.15, 0.2) is 36.0 Å². The standard InChI is InChI=1S/C10H18O4.C9H14O4.CH3.BrH.Mg/c1-5-6-10(4,11)7-8(12-6)14-9(2,3)13-7;1-4-5-6(10)7-8(11-5)13-9(2,3)12-7;;;/h6-8,11H,5H2,1-4H3;5,7-8H,4H2,1-3H3;1H3;1H;/q;;-1;;+2/p-1/t6-,7+,8-,10-;5-,7-,8-;;;/m11.../s1. The topological polar surface area (TPSA) is 92.7 Å². The summed E-state index contributed by atoms with van der Waals surface area (Å²) in [6.45, 7) is 12.8. The Bertz CT molecular complexity index is 585. The summed E-state index contributed by atoms with van der Waals surface area (Å²) in [6, 6.07) is 0. The monoisotopic (exact) mass is 506 g/mol. The number of halogens is 1. The second kappa shape index (κ2) is 10.7. The van der Waals surface area contributed by atoms with Gasteiger partial charge in [-0.2, -0.15) is 0 Å². The van der Waals surface area contributed by atoms with Crippen LogP contribution in [0.25, 0.3) is 0 Å². The first kappa shape index (κ1) is 30.6. The SMILES string of the molecule is CC[C@H]1O[C@@H]2OC(C)(C)O[C@@H]2C1=O.CC[C@H]1O[C@@H]2OC(C)(C)O[C@@H]2[C@]1(C)O.[Br-].[CH3-].[Mg+2]. The zero-order valence-corrected chi connectivity index (χ0v) is 22.3. The smallest absolute Gasteiger partial charge is 1.00 e. The molecule has 4 aliphatic rings. The first-order chi connectivity index (χ1) is 12.4. The van der Waals surface area contributed by atoms with Crippen LogP contribution in [0.1, 0.15) is 61.3 Å². The van der Waals surface area contributed by atoms with Gasteiger partial charge in [-0.15, -0.1) is 0 Å². The molecule has 0 bridgehead atoms. The van der Waals surface area contributed by atoms with Crippen molar-refractivity contribution in [1.82, 2.24) is 0 Å². The number of ketones is 1. The van der Waals surface area contributed by atoms with E-state index in [1.807, 2.05) is 27.7 Å². The number of carbonyl (C=O) groups excluding carboxylic acids is 1. The predicted molar refractivity (Wildman–Crippen MR) is 106 cm³/mol. The Kier molecular flexibility index (Phi) is 10.9. The van der Waals surface area contributed by atoms with Crippen molar-refractivity contribution < 1.29 is 55.3 Å². The molecule has 1 N–H and O–H groups in total. The number of fused-ring (bicyclic) bond motifs is 2. The summed E-state index contributed by atoms with van der Waals surface area (Å²) >= 11 is 0. The maximum absolute atomic E-state index is 11.6. The molecule has 4 fully saturated rings. The fraction of sp³-hybridized carbons (Fsp3) is 0.900. The summed E-state index contributed by atoms with van der Waals surface area (Å²) in [7, 11) is 0. The molecule has 10 heteroatoms. The second-order valence-electron chi connectivity index (χ2n) is 8.54. The van der Waals surface area contributed by atoms with Crippen LogP contribution in [0.4, 0.5) is 0 Å². The summed E-state index contributed by atoms with van der Waals surface area (Å²) in [5.41, 5.74) is -0.951. The molecule has 0 amide bonds. The van der Waals surface area contributed by atoms with Gasteiger partial charge >= 0.3 is 23.1 Å². The minimum Gasteiger partial charge on any atom is -1.00 e. The molecule has 4 aliphatic heterocycles. The summed E-state index contributed by atoms with van der Waals surface area (Å²) in [6.07, 6.45) is -0.911. The average Bonchev–Trinajstić information content (AvgIpc) is 3.19. The number of hydrogen-bond acceptors (Lipinski definition) is 8. The molecule has 30 heavy (non-hydrogen) atoms. The van der Waals surface area contributed by atoms with Gasteiger partial charge in [0.2, 0.25) is 0 Å². The Labute approximate surface area is 206 Å². The Morgan fingerprint density at radius 3 is 1.87 bits per heavy atom. The maximum atomic E-state index is 11.6. The molecule has 0 aromatic heterocycles. The van der Waals surface area contributed by atoms with E-state index in [4.69, 9.17) is 28.4 Å². The number of hydrogen-bond donors (Lipinski definition) is 1. The van der Waals surface area contributed by atoms with Crippen LogP contribution in [0.3, 0.4) is 0 Å². The van der Waals surface area contributed by atoms with Gasteiger partial charge in [-0.25, -0.2) is 0 Å². The quantitative estimate of drug-likeness (QED) is 0.374. The van der Waals surface area contributed by atoms with Gasteiger partial charge < -0.3 is 57.9 Å². The van der Waals surface area contributed by atoms with Crippen molar-refractivity contribution in [3.8, 4) is 0 Å². The van der Waals surface area contributed by atoms with Gasteiger partial charge in [0.25, 0.3) is 0 Å². The Morgan fingerprint density at radius 1 is 0.867 bits per heavy atom. The number of Topliss-reactive ketones (excluding diaryl/α,β-unsaturated/α-hetero) is 1. The maximum Gasteiger partial charge on any atom is 2.00 e. The molecule has 0 aromatic carbocycles. The van der Waals surface area contributed by atoms with Crippen LogP contribution in [-0.2, 0) is 33.2 Å². The van der Waals surface area contributed by atoms with Crippen molar-refractivity contribution in [2.75, 3.05) is 0 Å². The molecule has 7 atom stereocenters. The van der Waals surface area contributed by atoms with Crippen molar-refractivity contribution in [3.63, 3.8) is 0 Å². The van der Waals surface area contributed by atoms with Crippen molar-refractivity contribution in [2.45, 2.75) is 115 Å². The van der Waals surface area contributed by atoms with E-state index in [1.54, 1.807) is 20.8 Å². The second-order valence-corrected chi connectivity index (χ2v) is 8.54. The van der Waals surface area contributed by atoms with Crippen LogP contribution in [0.2, 0.25) is 0 Å². The molecule has 0 aromatic rings. The summed E-state index contributed by atoms with van der Waals surface area (Å²) < 4.78 is 33.0. The fourth-order valence-corrected chi connectivity index (χ4v) is 3.95. The first-order valence-electron chi connectivity index (χ1n) is 9.68. The van der Waals surface area contributed by atoms with E-state index in [-0.39, 0.29) is 71.6 Å². The molecule has 172 valence electrons. The molecule has 4 heterocycles. The Hall–Kier alpha value is 0.636. The third kappa shape index (κ3) is 5.95. The van der Waals surface area contributed by atoms with E-state index in [0.717, 1.165) is 6.42 Å². The summed E-state index contributed by atoms with van der Waals surface area (Å²) in [5.74, 6) is -1.33. The van der Waals surface area contributed by atoms with Crippen LogP contribution in [-0.4, -0.2) is 88.1 Å². The molecule has 4 saturated heterocycles. The predicted octanol–water partition coefficient (Wildman–Crippen LogP) is -1.06. The van der Waals surface area contributed by atoms with E-state index < -0.39 is 35.9 Å². The molecule has 0 saturated carbocycles. The van der Waals surface area contributed by atoms with Crippen molar-refractivity contribution >= 4 is 28.8 Å². The van der Waals surface area contributed by atoms with Crippen LogP contribution < -0.4 is 17.0 Å². The van der Waals surface area contributed by atoms with E-state index in [0.29, 0.717) is 6.42 Å². The third-order valence-corrected chi connectivity index (χ3v) is 5.28. The van der Waals surface area contributed by atoms with Crippen LogP contribution >= 0.6 is 0 Å². The minimum atomic E-state index is -0.951. The third-order valence-electron chi connectivity index (χ3n) is 5.28. The molecule has 0 unspecified atom stereocenters. The van der Waals surface area contributed by atoms with Crippen molar-refractivity contribution in [1.29, 1.82) is 0 Å². The summed E-state index contributed by atoms with van der Waals surface area (Å²) in [5, 5.41) is 10.2. The Morgan fingerprint density at radius 2 is 1.40 bits per heavy atom. The van der Waals surface area contributed by atoms with Crippen LogP contribution in [0.15, 0.2) is 0 Å². The van der Waals surface area contributed by atoms with Gasteiger partial charge in [0.1, 0.15) is 17.8 Å². The first-order valence-corrected chi connectivity index (χ1v) is 9.68. The zero-order chi connectivity index (χ0) is 20.2. The van der Waals surface area contributed by atoms with E-state index >= 15 is 0 Å². The van der Waals surface area contributed by atoms with Crippen molar-refractivity contribution in [3.05, 3.63) is 7.43 Å². The number of aliphatic hydroxyl groups is 1. The normalized spacial score (nSPS) is 42.1. The van der Waals surface area contributed by atoms with E-state index in [9.17, 15) is 9.90 Å². The molecular weight excluding hydrogens is 472 g/mol. The Balaban J connectivity index is 0.000000511. The molecular formula is C20H35BrMgO8. The van der Waals surface area contributed by atoms with E-state index in [2.05, 4.69) is 0 Å². The van der Waals surface area contributed by atoms with Crippen molar-refractivity contribution in [2.24, 2.45) is 0 Å². The minimum absolute atomic E-state index is 0. The number of rotatable bonds is 2. The molecule has 0 spiro atoms. The zero-order valence-electron chi connectivity index (χ0n) is 19.3. The van der Waals surface area contributed by atoms with E-state index in [1.165, 1.54) is 0 Å². The number of carbonyl (C=O) groups is 1. The average molecular weight is 508 g/mol.